The molecule has 0 bridgehead atoms. The molecule has 1 atom stereocenters. The Morgan fingerprint density at radius 2 is 1.79 bits per heavy atom. The van der Waals surface area contributed by atoms with Crippen LogP contribution >= 0.6 is 0 Å². The van der Waals surface area contributed by atoms with E-state index < -0.39 is 33.6 Å². The SMILES string of the molecule is COc1ccc(C(=O)NC(C)c2ccc(F)c(F)c2)cc1S(=O)(=O)N1CCCC1. The average Bonchev–Trinajstić information content (AvgIpc) is 3.25. The summed E-state index contributed by atoms with van der Waals surface area (Å²) in [5.74, 6) is -2.36. The first kappa shape index (κ1) is 21.2. The van der Waals surface area contributed by atoms with Gasteiger partial charge in [0.1, 0.15) is 10.6 Å². The number of rotatable bonds is 6. The fourth-order valence-electron chi connectivity index (χ4n) is 3.23. The van der Waals surface area contributed by atoms with Gasteiger partial charge in [0.2, 0.25) is 10.0 Å². The van der Waals surface area contributed by atoms with Gasteiger partial charge in [-0.15, -0.1) is 0 Å². The van der Waals surface area contributed by atoms with E-state index in [1.54, 1.807) is 6.92 Å². The van der Waals surface area contributed by atoms with Crippen LogP contribution in [0.5, 0.6) is 5.75 Å². The Kier molecular flexibility index (Phi) is 6.18. The maximum absolute atomic E-state index is 13.4. The number of carbonyl (C=O) groups excluding carboxylic acids is 1. The Morgan fingerprint density at radius 1 is 1.10 bits per heavy atom. The smallest absolute Gasteiger partial charge is 0.251 e. The number of nitrogens with one attached hydrogen (secondary N) is 1. The highest BCUT2D eigenvalue weighted by atomic mass is 32.2. The number of halogens is 2. The number of nitrogens with zero attached hydrogens (tertiary/aromatic N) is 1. The summed E-state index contributed by atoms with van der Waals surface area (Å²) in [4.78, 5) is 12.6. The first-order valence-electron chi connectivity index (χ1n) is 9.18. The molecule has 9 heteroatoms. The second kappa shape index (κ2) is 8.46. The zero-order valence-electron chi connectivity index (χ0n) is 16.1. The molecule has 1 unspecified atom stereocenters. The average molecular weight is 424 g/mol. The molecule has 1 N–H and O–H groups in total. The normalized spacial score (nSPS) is 15.9. The van der Waals surface area contributed by atoms with Crippen molar-refractivity contribution in [3.8, 4) is 5.75 Å². The van der Waals surface area contributed by atoms with Crippen LogP contribution in [0, 0.1) is 11.6 Å². The standard InChI is InChI=1S/C20H22F2N2O4S/c1-13(14-5-7-16(21)17(22)11-14)23-20(25)15-6-8-18(28-2)19(12-15)29(26,27)24-9-3-4-10-24/h5-8,11-13H,3-4,9-10H2,1-2H3,(H,23,25). The Morgan fingerprint density at radius 3 is 2.41 bits per heavy atom. The van der Waals surface area contributed by atoms with Crippen LogP contribution in [0.2, 0.25) is 0 Å². The number of benzene rings is 2. The zero-order valence-corrected chi connectivity index (χ0v) is 16.9. The van der Waals surface area contributed by atoms with Gasteiger partial charge in [-0.3, -0.25) is 4.79 Å². The van der Waals surface area contributed by atoms with Crippen LogP contribution in [0.4, 0.5) is 8.78 Å². The minimum absolute atomic E-state index is 0.0740. The molecule has 1 aliphatic heterocycles. The summed E-state index contributed by atoms with van der Waals surface area (Å²) in [5, 5.41) is 2.67. The predicted molar refractivity (Wildman–Crippen MR) is 103 cm³/mol. The molecule has 1 amide bonds. The van der Waals surface area contributed by atoms with E-state index in [1.807, 2.05) is 0 Å². The lowest BCUT2D eigenvalue weighted by Crippen LogP contribution is -2.29. The van der Waals surface area contributed by atoms with Gasteiger partial charge in [0, 0.05) is 18.7 Å². The van der Waals surface area contributed by atoms with Crippen molar-refractivity contribution in [2.45, 2.75) is 30.7 Å². The lowest BCUT2D eigenvalue weighted by atomic mass is 10.1. The second-order valence-corrected chi connectivity index (χ2v) is 8.75. The third kappa shape index (κ3) is 4.40. The number of sulfonamides is 1. The number of amides is 1. The minimum atomic E-state index is -3.79. The van der Waals surface area contributed by atoms with Crippen LogP contribution in [0.1, 0.15) is 41.7 Å². The molecule has 2 aromatic rings. The van der Waals surface area contributed by atoms with E-state index in [9.17, 15) is 22.0 Å². The van der Waals surface area contributed by atoms with Gasteiger partial charge >= 0.3 is 0 Å². The summed E-state index contributed by atoms with van der Waals surface area (Å²) in [6.45, 7) is 2.47. The first-order chi connectivity index (χ1) is 13.7. The molecule has 156 valence electrons. The van der Waals surface area contributed by atoms with E-state index in [2.05, 4.69) is 5.32 Å². The van der Waals surface area contributed by atoms with Crippen molar-refractivity contribution in [1.29, 1.82) is 0 Å². The van der Waals surface area contributed by atoms with Gasteiger partial charge in [-0.2, -0.15) is 4.31 Å². The molecule has 1 heterocycles. The zero-order chi connectivity index (χ0) is 21.2. The van der Waals surface area contributed by atoms with E-state index in [0.717, 1.165) is 25.0 Å². The maximum atomic E-state index is 13.4. The van der Waals surface area contributed by atoms with Crippen LogP contribution in [0.25, 0.3) is 0 Å². The molecule has 29 heavy (non-hydrogen) atoms. The van der Waals surface area contributed by atoms with E-state index in [1.165, 1.54) is 35.7 Å². The highest BCUT2D eigenvalue weighted by molar-refractivity contribution is 7.89. The van der Waals surface area contributed by atoms with E-state index in [0.29, 0.717) is 18.7 Å². The van der Waals surface area contributed by atoms with Gasteiger partial charge < -0.3 is 10.1 Å². The summed E-state index contributed by atoms with van der Waals surface area (Å²) in [6, 6.07) is 6.92. The van der Waals surface area contributed by atoms with Crippen molar-refractivity contribution in [1.82, 2.24) is 9.62 Å². The molecule has 2 aromatic carbocycles. The van der Waals surface area contributed by atoms with E-state index in [-0.39, 0.29) is 16.2 Å². The van der Waals surface area contributed by atoms with Crippen molar-refractivity contribution in [3.63, 3.8) is 0 Å². The minimum Gasteiger partial charge on any atom is -0.495 e. The Hall–Kier alpha value is -2.52. The largest absolute Gasteiger partial charge is 0.495 e. The van der Waals surface area contributed by atoms with Crippen molar-refractivity contribution in [2.75, 3.05) is 20.2 Å². The lowest BCUT2D eigenvalue weighted by Gasteiger charge is -2.19. The summed E-state index contributed by atoms with van der Waals surface area (Å²) in [7, 11) is -2.43. The molecule has 6 nitrogen and oxygen atoms in total. The van der Waals surface area contributed by atoms with Crippen molar-refractivity contribution < 1.29 is 26.7 Å². The van der Waals surface area contributed by atoms with Crippen LogP contribution in [0.15, 0.2) is 41.3 Å². The fourth-order valence-corrected chi connectivity index (χ4v) is 4.93. The number of hydrogen-bond donors (Lipinski definition) is 1. The van der Waals surface area contributed by atoms with Crippen molar-refractivity contribution >= 4 is 15.9 Å². The number of methoxy groups -OCH3 is 1. The third-order valence-electron chi connectivity index (χ3n) is 4.90. The van der Waals surface area contributed by atoms with Crippen molar-refractivity contribution in [3.05, 3.63) is 59.2 Å². The number of ether oxygens (including phenoxy) is 1. The quantitative estimate of drug-likeness (QED) is 0.773. The Balaban J connectivity index is 1.86. The van der Waals surface area contributed by atoms with E-state index in [4.69, 9.17) is 4.74 Å². The van der Waals surface area contributed by atoms with Gasteiger partial charge in [0.15, 0.2) is 11.6 Å². The molecule has 1 saturated heterocycles. The summed E-state index contributed by atoms with van der Waals surface area (Å²) in [6.07, 6.45) is 1.57. The predicted octanol–water partition coefficient (Wildman–Crippen LogP) is 3.25. The molecule has 0 aromatic heterocycles. The first-order valence-corrected chi connectivity index (χ1v) is 10.6. The van der Waals surface area contributed by atoms with Crippen LogP contribution < -0.4 is 10.1 Å². The van der Waals surface area contributed by atoms with Gasteiger partial charge in [-0.25, -0.2) is 17.2 Å². The molecular formula is C20H22F2N2O4S. The maximum Gasteiger partial charge on any atom is 0.251 e. The molecule has 3 rings (SSSR count). The van der Waals surface area contributed by atoms with Crippen LogP contribution in [-0.2, 0) is 10.0 Å². The lowest BCUT2D eigenvalue weighted by molar-refractivity contribution is 0.0939. The van der Waals surface area contributed by atoms with Gasteiger partial charge in [0.25, 0.3) is 5.91 Å². The summed E-state index contributed by atoms with van der Waals surface area (Å²) in [5.41, 5.74) is 0.508. The van der Waals surface area contributed by atoms with E-state index >= 15 is 0 Å². The monoisotopic (exact) mass is 424 g/mol. The third-order valence-corrected chi connectivity index (χ3v) is 6.82. The molecule has 0 radical (unpaired) electrons. The van der Waals surface area contributed by atoms with Gasteiger partial charge in [-0.1, -0.05) is 6.07 Å². The van der Waals surface area contributed by atoms with Gasteiger partial charge in [-0.05, 0) is 55.7 Å². The van der Waals surface area contributed by atoms with Crippen molar-refractivity contribution in [2.24, 2.45) is 0 Å². The molecule has 0 saturated carbocycles. The fraction of sp³-hybridized carbons (Fsp3) is 0.350. The highest BCUT2D eigenvalue weighted by Crippen LogP contribution is 2.30. The van der Waals surface area contributed by atoms with Crippen LogP contribution in [0.3, 0.4) is 0 Å². The topological polar surface area (TPSA) is 75.7 Å². The van der Waals surface area contributed by atoms with Crippen LogP contribution in [-0.4, -0.2) is 38.8 Å². The molecule has 1 aliphatic rings. The molecule has 0 spiro atoms. The highest BCUT2D eigenvalue weighted by Gasteiger charge is 2.30. The number of carbonyl (C=O) groups is 1. The second-order valence-electron chi connectivity index (χ2n) is 6.85. The molecule has 1 fully saturated rings. The summed E-state index contributed by atoms with van der Waals surface area (Å²) >= 11 is 0. The number of hydrogen-bond acceptors (Lipinski definition) is 4. The summed E-state index contributed by atoms with van der Waals surface area (Å²) < 4.78 is 59.0. The molecule has 0 aliphatic carbocycles. The Labute approximate surface area is 168 Å². The van der Waals surface area contributed by atoms with Gasteiger partial charge in [0.05, 0.1) is 13.2 Å². The molecular weight excluding hydrogens is 402 g/mol. The Bertz CT molecular complexity index is 1020.